The van der Waals surface area contributed by atoms with Gasteiger partial charge in [0.1, 0.15) is 0 Å². The van der Waals surface area contributed by atoms with Gasteiger partial charge in [0.2, 0.25) is 0 Å². The van der Waals surface area contributed by atoms with E-state index in [9.17, 15) is 4.79 Å². The Balaban J connectivity index is 1.76. The van der Waals surface area contributed by atoms with Crippen molar-refractivity contribution in [1.29, 1.82) is 0 Å². The molecule has 0 radical (unpaired) electrons. The first-order valence-electron chi connectivity index (χ1n) is 10.0. The molecule has 148 valence electrons. The number of hydrogen-bond donors (Lipinski definition) is 1. The molecule has 0 amide bonds. The highest BCUT2D eigenvalue weighted by Gasteiger charge is 2.24. The van der Waals surface area contributed by atoms with E-state index in [1.54, 1.807) is 9.13 Å². The van der Waals surface area contributed by atoms with Crippen LogP contribution in [0.5, 0.6) is 0 Å². The zero-order valence-electron chi connectivity index (χ0n) is 17.0. The van der Waals surface area contributed by atoms with Crippen molar-refractivity contribution in [2.24, 2.45) is 14.1 Å². The molecular formula is C23H25N5O. The zero-order valence-corrected chi connectivity index (χ0v) is 17.0. The normalized spacial score (nSPS) is 16.7. The van der Waals surface area contributed by atoms with Gasteiger partial charge in [-0.1, -0.05) is 29.8 Å². The van der Waals surface area contributed by atoms with Crippen LogP contribution in [-0.4, -0.2) is 31.8 Å². The fraction of sp³-hybridized carbons (Fsp3) is 0.304. The molecular weight excluding hydrogens is 362 g/mol. The number of benzene rings is 2. The molecule has 1 aliphatic heterocycles. The van der Waals surface area contributed by atoms with Crippen molar-refractivity contribution in [2.75, 3.05) is 13.1 Å². The molecule has 1 N–H and O–H groups in total. The lowest BCUT2D eigenvalue weighted by atomic mass is 10.0. The third-order valence-corrected chi connectivity index (χ3v) is 6.06. The van der Waals surface area contributed by atoms with Crippen LogP contribution < -0.4 is 11.0 Å². The van der Waals surface area contributed by atoms with E-state index in [4.69, 9.17) is 4.98 Å². The number of nitrogens with one attached hydrogen (secondary N) is 1. The SMILES string of the molecule is Cc1cccc(-c2ncn([C@H]3CCNC3)c2-c2ccc3c(c2)n(C)c(=O)n3C)c1. The molecule has 6 heteroatoms. The summed E-state index contributed by atoms with van der Waals surface area (Å²) in [5.74, 6) is 0. The summed E-state index contributed by atoms with van der Waals surface area (Å²) in [4.78, 5) is 17.2. The third-order valence-electron chi connectivity index (χ3n) is 6.06. The topological polar surface area (TPSA) is 56.8 Å². The highest BCUT2D eigenvalue weighted by Crippen LogP contribution is 2.36. The molecule has 2 aromatic carbocycles. The van der Waals surface area contributed by atoms with Gasteiger partial charge >= 0.3 is 5.69 Å². The molecule has 29 heavy (non-hydrogen) atoms. The summed E-state index contributed by atoms with van der Waals surface area (Å²) in [5.41, 5.74) is 7.38. The van der Waals surface area contributed by atoms with Gasteiger partial charge < -0.3 is 9.88 Å². The fourth-order valence-electron chi connectivity index (χ4n) is 4.46. The smallest absolute Gasteiger partial charge is 0.326 e. The minimum atomic E-state index is -0.00967. The summed E-state index contributed by atoms with van der Waals surface area (Å²) < 4.78 is 5.71. The molecule has 0 aliphatic carbocycles. The molecule has 3 heterocycles. The van der Waals surface area contributed by atoms with Gasteiger partial charge in [0.15, 0.2) is 0 Å². The minimum absolute atomic E-state index is 0.00967. The maximum atomic E-state index is 12.4. The van der Waals surface area contributed by atoms with Crippen LogP contribution >= 0.6 is 0 Å². The van der Waals surface area contributed by atoms with Crippen molar-refractivity contribution >= 4 is 11.0 Å². The Hall–Kier alpha value is -3.12. The van der Waals surface area contributed by atoms with E-state index in [2.05, 4.69) is 53.2 Å². The lowest BCUT2D eigenvalue weighted by Gasteiger charge is -2.16. The molecule has 1 saturated heterocycles. The predicted octanol–water partition coefficient (Wildman–Crippen LogP) is 3.25. The molecule has 0 unspecified atom stereocenters. The average Bonchev–Trinajstić information content (AvgIpc) is 3.44. The van der Waals surface area contributed by atoms with E-state index in [0.29, 0.717) is 6.04 Å². The second-order valence-corrected chi connectivity index (χ2v) is 7.97. The van der Waals surface area contributed by atoms with E-state index < -0.39 is 0 Å². The number of fused-ring (bicyclic) bond motifs is 1. The summed E-state index contributed by atoms with van der Waals surface area (Å²) >= 11 is 0. The van der Waals surface area contributed by atoms with Crippen LogP contribution in [-0.2, 0) is 14.1 Å². The van der Waals surface area contributed by atoms with Crippen LogP contribution in [0.1, 0.15) is 18.0 Å². The second kappa shape index (κ2) is 6.74. The van der Waals surface area contributed by atoms with Crippen molar-refractivity contribution in [2.45, 2.75) is 19.4 Å². The second-order valence-electron chi connectivity index (χ2n) is 7.97. The van der Waals surface area contributed by atoms with Gasteiger partial charge in [0, 0.05) is 37.8 Å². The lowest BCUT2D eigenvalue weighted by molar-refractivity contribution is 0.551. The van der Waals surface area contributed by atoms with Gasteiger partial charge in [-0.2, -0.15) is 0 Å². The van der Waals surface area contributed by atoms with Gasteiger partial charge in [0.05, 0.1) is 28.7 Å². The first-order chi connectivity index (χ1) is 14.0. The molecule has 6 nitrogen and oxygen atoms in total. The van der Waals surface area contributed by atoms with Crippen LogP contribution in [0.3, 0.4) is 0 Å². The first kappa shape index (κ1) is 17.9. The Morgan fingerprint density at radius 3 is 2.62 bits per heavy atom. The number of nitrogens with zero attached hydrogens (tertiary/aromatic N) is 4. The van der Waals surface area contributed by atoms with Crippen molar-refractivity contribution in [3.8, 4) is 22.5 Å². The Morgan fingerprint density at radius 1 is 1.03 bits per heavy atom. The summed E-state index contributed by atoms with van der Waals surface area (Å²) in [7, 11) is 3.64. The molecule has 1 aliphatic rings. The highest BCUT2D eigenvalue weighted by atomic mass is 16.1. The average molecular weight is 387 g/mol. The molecule has 1 atom stereocenters. The summed E-state index contributed by atoms with van der Waals surface area (Å²) in [5, 5.41) is 3.46. The van der Waals surface area contributed by atoms with Crippen LogP contribution in [0.4, 0.5) is 0 Å². The van der Waals surface area contributed by atoms with E-state index in [0.717, 1.165) is 53.1 Å². The monoisotopic (exact) mass is 387 g/mol. The Morgan fingerprint density at radius 2 is 1.86 bits per heavy atom. The highest BCUT2D eigenvalue weighted by molar-refractivity contribution is 5.86. The minimum Gasteiger partial charge on any atom is -0.326 e. The van der Waals surface area contributed by atoms with Crippen molar-refractivity contribution in [3.63, 3.8) is 0 Å². The van der Waals surface area contributed by atoms with Gasteiger partial charge in [-0.05, 0) is 38.1 Å². The fourth-order valence-corrected chi connectivity index (χ4v) is 4.46. The Kier molecular flexibility index (Phi) is 4.17. The number of aromatic nitrogens is 4. The largest absolute Gasteiger partial charge is 0.328 e. The Bertz CT molecular complexity index is 1270. The molecule has 0 spiro atoms. The molecule has 1 fully saturated rings. The van der Waals surface area contributed by atoms with Gasteiger partial charge in [0.25, 0.3) is 0 Å². The molecule has 0 bridgehead atoms. The quantitative estimate of drug-likeness (QED) is 0.587. The summed E-state index contributed by atoms with van der Waals surface area (Å²) in [6.07, 6.45) is 3.06. The first-order valence-corrected chi connectivity index (χ1v) is 10.0. The molecule has 5 rings (SSSR count). The van der Waals surface area contributed by atoms with Crippen LogP contribution in [0, 0.1) is 6.92 Å². The van der Waals surface area contributed by atoms with Crippen molar-refractivity contribution < 1.29 is 0 Å². The molecule has 0 saturated carbocycles. The Labute approximate surface area is 169 Å². The number of hydrogen-bond acceptors (Lipinski definition) is 3. The molecule has 4 aromatic rings. The van der Waals surface area contributed by atoms with E-state index >= 15 is 0 Å². The van der Waals surface area contributed by atoms with Crippen LogP contribution in [0.25, 0.3) is 33.5 Å². The van der Waals surface area contributed by atoms with E-state index in [1.807, 2.05) is 26.5 Å². The standard InChI is InChI=1S/C23H25N5O/c1-15-5-4-6-16(11-15)21-22(28(14-25-21)18-9-10-24-13-18)17-7-8-19-20(12-17)27(3)23(29)26(19)2/h4-8,11-12,14,18,24H,9-10,13H2,1-3H3/t18-/m0/s1. The zero-order chi connectivity index (χ0) is 20.1. The maximum Gasteiger partial charge on any atom is 0.328 e. The number of aryl methyl sites for hydroxylation is 3. The summed E-state index contributed by atoms with van der Waals surface area (Å²) in [6.45, 7) is 4.07. The van der Waals surface area contributed by atoms with Gasteiger partial charge in [-0.15, -0.1) is 0 Å². The van der Waals surface area contributed by atoms with E-state index in [-0.39, 0.29) is 5.69 Å². The van der Waals surface area contributed by atoms with Gasteiger partial charge in [-0.3, -0.25) is 9.13 Å². The predicted molar refractivity (Wildman–Crippen MR) is 116 cm³/mol. The van der Waals surface area contributed by atoms with Crippen molar-refractivity contribution in [1.82, 2.24) is 24.0 Å². The third kappa shape index (κ3) is 2.83. The van der Waals surface area contributed by atoms with Crippen LogP contribution in [0.15, 0.2) is 53.6 Å². The number of imidazole rings is 2. The summed E-state index contributed by atoms with van der Waals surface area (Å²) in [6, 6.07) is 15.1. The van der Waals surface area contributed by atoms with Gasteiger partial charge in [-0.25, -0.2) is 9.78 Å². The number of rotatable bonds is 3. The lowest BCUT2D eigenvalue weighted by Crippen LogP contribution is -2.19. The van der Waals surface area contributed by atoms with Crippen molar-refractivity contribution in [3.05, 3.63) is 64.8 Å². The van der Waals surface area contributed by atoms with Crippen LogP contribution in [0.2, 0.25) is 0 Å². The maximum absolute atomic E-state index is 12.4. The molecule has 2 aromatic heterocycles. The van der Waals surface area contributed by atoms with E-state index in [1.165, 1.54) is 5.56 Å².